The Morgan fingerprint density at radius 1 is 0.389 bits per heavy atom. The monoisotopic (exact) mass is 468 g/mol. The summed E-state index contributed by atoms with van der Waals surface area (Å²) < 4.78 is 0. The highest BCUT2D eigenvalue weighted by Gasteiger charge is 2.54. The Kier molecular flexibility index (Phi) is 3.26. The lowest BCUT2D eigenvalue weighted by atomic mass is 9.62. The molecule has 0 aromatic heterocycles. The van der Waals surface area contributed by atoms with Crippen molar-refractivity contribution in [3.63, 3.8) is 0 Å². The van der Waals surface area contributed by atoms with Crippen molar-refractivity contribution in [3.05, 3.63) is 92.0 Å². The molecule has 0 saturated carbocycles. The summed E-state index contributed by atoms with van der Waals surface area (Å²) in [6.07, 6.45) is 0. The van der Waals surface area contributed by atoms with E-state index in [1.807, 2.05) is 0 Å². The molecule has 4 aromatic carbocycles. The van der Waals surface area contributed by atoms with Crippen molar-refractivity contribution in [1.82, 2.24) is 0 Å². The molecule has 0 heteroatoms. The van der Waals surface area contributed by atoms with Gasteiger partial charge in [0.2, 0.25) is 0 Å². The average Bonchev–Trinajstić information content (AvgIpc) is 3.15. The molecule has 0 spiro atoms. The number of rotatable bonds is 0. The topological polar surface area (TPSA) is 0 Å². The van der Waals surface area contributed by atoms with E-state index in [0.717, 1.165) is 0 Å². The van der Waals surface area contributed by atoms with Crippen LogP contribution < -0.4 is 0 Å². The summed E-state index contributed by atoms with van der Waals surface area (Å²) in [4.78, 5) is 0. The molecule has 0 radical (unpaired) electrons. The molecular weight excluding hydrogens is 432 g/mol. The van der Waals surface area contributed by atoms with Gasteiger partial charge in [0.1, 0.15) is 0 Å². The van der Waals surface area contributed by atoms with Gasteiger partial charge in [0.25, 0.3) is 0 Å². The molecule has 180 valence electrons. The van der Waals surface area contributed by atoms with E-state index in [2.05, 4.69) is 106 Å². The van der Waals surface area contributed by atoms with Crippen LogP contribution in [0.25, 0.3) is 33.0 Å². The molecule has 0 atom stereocenters. The molecule has 4 aliphatic carbocycles. The van der Waals surface area contributed by atoms with Gasteiger partial charge >= 0.3 is 0 Å². The second-order valence-electron chi connectivity index (χ2n) is 14.4. The Bertz CT molecular complexity index is 1650. The lowest BCUT2D eigenvalue weighted by Gasteiger charge is -2.40. The van der Waals surface area contributed by atoms with Gasteiger partial charge in [0.15, 0.2) is 0 Å². The van der Waals surface area contributed by atoms with Crippen LogP contribution in [0.2, 0.25) is 0 Å². The van der Waals surface area contributed by atoms with Gasteiger partial charge in [-0.3, -0.25) is 0 Å². The minimum Gasteiger partial charge on any atom is -0.0572 e. The van der Waals surface area contributed by atoms with Crippen molar-refractivity contribution in [2.75, 3.05) is 0 Å². The standard InChI is InChI=1S/C36H36/c1-17-13-21-25-23(15-17)35(7,8)31-29(25)27-19(33(21,3)4)11-12-20-28(27)30-26-22(34(20,5)6)14-18(2)16-24(26)36(9,10)32(30)31/h11-16H,1-10H3. The number of hydrogen-bond donors (Lipinski definition) is 0. The molecule has 0 fully saturated rings. The Hall–Kier alpha value is -2.86. The molecule has 0 aliphatic heterocycles. The van der Waals surface area contributed by atoms with E-state index >= 15 is 0 Å². The molecule has 0 nitrogen and oxygen atoms in total. The number of aryl methyl sites for hydroxylation is 2. The van der Waals surface area contributed by atoms with E-state index in [1.165, 1.54) is 44.5 Å². The molecule has 0 N–H and O–H groups in total. The Morgan fingerprint density at radius 3 is 1.03 bits per heavy atom. The zero-order chi connectivity index (χ0) is 25.5. The van der Waals surface area contributed by atoms with Gasteiger partial charge in [-0.1, -0.05) is 103 Å². The summed E-state index contributed by atoms with van der Waals surface area (Å²) >= 11 is 0. The molecule has 4 aliphatic rings. The predicted molar refractivity (Wildman–Crippen MR) is 153 cm³/mol. The van der Waals surface area contributed by atoms with Crippen molar-refractivity contribution in [2.24, 2.45) is 0 Å². The molecule has 0 bridgehead atoms. The molecule has 8 rings (SSSR count). The van der Waals surface area contributed by atoms with Gasteiger partial charge in [-0.25, -0.2) is 0 Å². The summed E-state index contributed by atoms with van der Waals surface area (Å²) in [5, 5.41) is 3.11. The van der Waals surface area contributed by atoms with Gasteiger partial charge in [0, 0.05) is 21.7 Å². The average molecular weight is 469 g/mol. The van der Waals surface area contributed by atoms with E-state index in [-0.39, 0.29) is 21.7 Å². The molecule has 0 heterocycles. The summed E-state index contributed by atoms with van der Waals surface area (Å²) in [5.74, 6) is 0. The van der Waals surface area contributed by atoms with Crippen LogP contribution in [-0.4, -0.2) is 0 Å². The van der Waals surface area contributed by atoms with Gasteiger partial charge < -0.3 is 0 Å². The van der Waals surface area contributed by atoms with Crippen LogP contribution in [0.3, 0.4) is 0 Å². The number of hydrogen-bond acceptors (Lipinski definition) is 0. The number of fused-ring (bicyclic) bond motifs is 1. The van der Waals surface area contributed by atoms with Gasteiger partial charge in [0.05, 0.1) is 0 Å². The van der Waals surface area contributed by atoms with Crippen molar-refractivity contribution in [1.29, 1.82) is 0 Å². The van der Waals surface area contributed by atoms with Crippen LogP contribution in [0.5, 0.6) is 0 Å². The van der Waals surface area contributed by atoms with Crippen LogP contribution in [0, 0.1) is 13.8 Å². The first kappa shape index (κ1) is 21.2. The van der Waals surface area contributed by atoms with Crippen molar-refractivity contribution >= 4 is 10.8 Å². The molecular formula is C36H36. The van der Waals surface area contributed by atoms with Crippen LogP contribution in [0.15, 0.2) is 36.4 Å². The van der Waals surface area contributed by atoms with Crippen LogP contribution in [-0.2, 0) is 21.7 Å². The maximum Gasteiger partial charge on any atom is 0.0162 e. The molecule has 36 heavy (non-hydrogen) atoms. The maximum atomic E-state index is 2.50. The Labute approximate surface area is 215 Å². The van der Waals surface area contributed by atoms with Crippen LogP contribution in [0.1, 0.15) is 111 Å². The number of benzene rings is 4. The third kappa shape index (κ3) is 1.90. The van der Waals surface area contributed by atoms with Crippen LogP contribution >= 0.6 is 0 Å². The van der Waals surface area contributed by atoms with E-state index in [9.17, 15) is 0 Å². The van der Waals surface area contributed by atoms with Gasteiger partial charge in [-0.2, -0.15) is 0 Å². The van der Waals surface area contributed by atoms with Gasteiger partial charge in [-0.15, -0.1) is 0 Å². The second kappa shape index (κ2) is 5.52. The fraction of sp³-hybridized carbons (Fsp3) is 0.389. The lowest BCUT2D eigenvalue weighted by molar-refractivity contribution is 0.600. The van der Waals surface area contributed by atoms with E-state index < -0.39 is 0 Å². The minimum atomic E-state index is -0.0271. The SMILES string of the molecule is Cc1cc2c3c(c1)C(C)(C)c1ccc4c5c6c(c(c-3c15)C2(C)C)C(C)(C)c1cc(C)cc(c1-6)C4(C)C. The summed E-state index contributed by atoms with van der Waals surface area (Å²) in [6, 6.07) is 14.9. The summed E-state index contributed by atoms with van der Waals surface area (Å²) in [6.45, 7) is 24.4. The lowest BCUT2D eigenvalue weighted by Crippen LogP contribution is -2.28. The quantitative estimate of drug-likeness (QED) is 0.241. The predicted octanol–water partition coefficient (Wildman–Crippen LogP) is 9.35. The van der Waals surface area contributed by atoms with E-state index in [0.29, 0.717) is 0 Å². The third-order valence-electron chi connectivity index (χ3n) is 10.8. The molecule has 4 aromatic rings. The first-order chi connectivity index (χ1) is 16.7. The molecule has 0 saturated heterocycles. The largest absolute Gasteiger partial charge is 0.0572 e. The first-order valence-corrected chi connectivity index (χ1v) is 13.7. The zero-order valence-corrected chi connectivity index (χ0v) is 23.5. The molecule has 0 amide bonds. The zero-order valence-electron chi connectivity index (χ0n) is 23.5. The Balaban J connectivity index is 1.75. The van der Waals surface area contributed by atoms with E-state index in [1.54, 1.807) is 44.2 Å². The normalized spacial score (nSPS) is 20.8. The summed E-state index contributed by atoms with van der Waals surface area (Å²) in [7, 11) is 0. The smallest absolute Gasteiger partial charge is 0.0162 e. The van der Waals surface area contributed by atoms with Gasteiger partial charge in [-0.05, 0) is 91.4 Å². The first-order valence-electron chi connectivity index (χ1n) is 13.7. The maximum absolute atomic E-state index is 2.50. The minimum absolute atomic E-state index is 0.0256. The van der Waals surface area contributed by atoms with Crippen molar-refractivity contribution < 1.29 is 0 Å². The van der Waals surface area contributed by atoms with Crippen molar-refractivity contribution in [2.45, 2.75) is 90.9 Å². The second-order valence-corrected chi connectivity index (χ2v) is 14.4. The highest BCUT2D eigenvalue weighted by molar-refractivity contribution is 6.19. The molecule has 0 unspecified atom stereocenters. The van der Waals surface area contributed by atoms with E-state index in [4.69, 9.17) is 0 Å². The van der Waals surface area contributed by atoms with Crippen LogP contribution in [0.4, 0.5) is 0 Å². The highest BCUT2D eigenvalue weighted by atomic mass is 14.6. The van der Waals surface area contributed by atoms with Crippen molar-refractivity contribution in [3.8, 4) is 22.3 Å². The third-order valence-corrected chi connectivity index (χ3v) is 10.8. The fourth-order valence-corrected chi connectivity index (χ4v) is 9.06. The highest BCUT2D eigenvalue weighted by Crippen LogP contribution is 2.69. The summed E-state index contributed by atoms with van der Waals surface area (Å²) in [5.41, 5.74) is 21.2. The fourth-order valence-electron chi connectivity index (χ4n) is 9.06. The Morgan fingerprint density at radius 2 is 0.694 bits per heavy atom.